The lowest BCUT2D eigenvalue weighted by molar-refractivity contribution is -0.0808. The van der Waals surface area contributed by atoms with Crippen LogP contribution in [0.1, 0.15) is 46.0 Å². The van der Waals surface area contributed by atoms with Crippen LogP contribution in [0.5, 0.6) is 0 Å². The second-order valence-corrected chi connectivity index (χ2v) is 7.70. The predicted octanol–water partition coefficient (Wildman–Crippen LogP) is 4.33. The van der Waals surface area contributed by atoms with E-state index in [0.717, 1.165) is 12.5 Å². The summed E-state index contributed by atoms with van der Waals surface area (Å²) >= 11 is 8.41. The van der Waals surface area contributed by atoms with E-state index >= 15 is 0 Å². The summed E-state index contributed by atoms with van der Waals surface area (Å²) < 4.78 is 6.06. The van der Waals surface area contributed by atoms with Crippen LogP contribution in [0.15, 0.2) is 0 Å². The predicted molar refractivity (Wildman–Crippen MR) is 77.1 cm³/mol. The molecule has 0 N–H and O–H groups in total. The number of halogens is 1. The first-order valence-corrected chi connectivity index (χ1v) is 8.56. The summed E-state index contributed by atoms with van der Waals surface area (Å²) in [6, 6.07) is 0. The Kier molecular flexibility index (Phi) is 5.08. The van der Waals surface area contributed by atoms with Gasteiger partial charge in [-0.1, -0.05) is 13.8 Å². The highest BCUT2D eigenvalue weighted by Crippen LogP contribution is 2.41. The number of alkyl halides is 1. The molecular weight excluding hydrogens is 252 g/mol. The molecule has 2 fully saturated rings. The first kappa shape index (κ1) is 14.0. The summed E-state index contributed by atoms with van der Waals surface area (Å²) in [5, 5.41) is 0.353. The van der Waals surface area contributed by atoms with Crippen LogP contribution in [0, 0.1) is 11.8 Å². The van der Waals surface area contributed by atoms with Crippen LogP contribution < -0.4 is 0 Å². The average molecular weight is 277 g/mol. The molecule has 2 aliphatic rings. The second-order valence-electron chi connectivity index (χ2n) is 6.03. The summed E-state index contributed by atoms with van der Waals surface area (Å²) in [6.45, 7) is 5.41. The molecule has 3 atom stereocenters. The van der Waals surface area contributed by atoms with Gasteiger partial charge in [-0.15, -0.1) is 11.6 Å². The van der Waals surface area contributed by atoms with E-state index in [9.17, 15) is 0 Å². The number of rotatable bonds is 4. The highest BCUT2D eigenvalue weighted by atomic mass is 35.5. The van der Waals surface area contributed by atoms with E-state index in [1.54, 1.807) is 0 Å². The molecule has 3 unspecified atom stereocenters. The summed E-state index contributed by atoms with van der Waals surface area (Å²) in [7, 11) is 0. The summed E-state index contributed by atoms with van der Waals surface area (Å²) in [4.78, 5) is 0. The van der Waals surface area contributed by atoms with Gasteiger partial charge in [0.15, 0.2) is 0 Å². The zero-order valence-electron chi connectivity index (χ0n) is 11.1. The Balaban J connectivity index is 1.77. The monoisotopic (exact) mass is 276 g/mol. The third-order valence-corrected chi connectivity index (χ3v) is 6.18. The van der Waals surface area contributed by atoms with E-state index in [4.69, 9.17) is 16.3 Å². The van der Waals surface area contributed by atoms with Crippen molar-refractivity contribution in [3.63, 3.8) is 0 Å². The third-order valence-electron chi connectivity index (χ3n) is 4.24. The summed E-state index contributed by atoms with van der Waals surface area (Å²) in [5.41, 5.74) is 0.243. The van der Waals surface area contributed by atoms with Gasteiger partial charge in [-0.05, 0) is 49.7 Å². The molecule has 0 aliphatic carbocycles. The highest BCUT2D eigenvalue weighted by molar-refractivity contribution is 7.99. The molecule has 0 saturated carbocycles. The molecule has 0 aromatic carbocycles. The van der Waals surface area contributed by atoms with Crippen LogP contribution in [0.25, 0.3) is 0 Å². The normalized spacial score (nSPS) is 35.6. The van der Waals surface area contributed by atoms with Crippen LogP contribution in [0.3, 0.4) is 0 Å². The van der Waals surface area contributed by atoms with Crippen molar-refractivity contribution in [2.45, 2.75) is 56.9 Å². The maximum atomic E-state index is 6.35. The Hall–Kier alpha value is 0.600. The molecule has 1 spiro atoms. The minimum Gasteiger partial charge on any atom is -0.374 e. The van der Waals surface area contributed by atoms with Crippen molar-refractivity contribution in [3.8, 4) is 0 Å². The molecule has 100 valence electrons. The van der Waals surface area contributed by atoms with Crippen LogP contribution in [0.2, 0.25) is 0 Å². The van der Waals surface area contributed by atoms with Crippen LogP contribution >= 0.6 is 23.4 Å². The number of hydrogen-bond acceptors (Lipinski definition) is 2. The number of thioether (sulfide) groups is 1. The minimum absolute atomic E-state index is 0.243. The second kappa shape index (κ2) is 6.16. The molecule has 0 radical (unpaired) electrons. The van der Waals surface area contributed by atoms with E-state index < -0.39 is 0 Å². The molecule has 1 nitrogen and oxygen atoms in total. The van der Waals surface area contributed by atoms with Crippen LogP contribution in [-0.2, 0) is 4.74 Å². The van der Waals surface area contributed by atoms with Crippen molar-refractivity contribution in [1.82, 2.24) is 0 Å². The fourth-order valence-electron chi connectivity index (χ4n) is 2.97. The Morgan fingerprint density at radius 3 is 2.94 bits per heavy atom. The van der Waals surface area contributed by atoms with E-state index in [1.807, 2.05) is 0 Å². The van der Waals surface area contributed by atoms with Gasteiger partial charge in [0.25, 0.3) is 0 Å². The van der Waals surface area contributed by atoms with E-state index in [0.29, 0.717) is 11.3 Å². The standard InChI is InChI=1S/C14H25ClOS/c1-11(2)13(15)4-3-12-5-7-16-14(9-12)6-8-17-10-14/h11-13H,3-10H2,1-2H3. The van der Waals surface area contributed by atoms with Crippen LogP contribution in [-0.4, -0.2) is 29.1 Å². The fourth-order valence-corrected chi connectivity index (χ4v) is 4.47. The lowest BCUT2D eigenvalue weighted by Gasteiger charge is -2.38. The molecule has 0 aromatic rings. The van der Waals surface area contributed by atoms with Gasteiger partial charge in [0.05, 0.1) is 5.60 Å². The third kappa shape index (κ3) is 3.78. The Morgan fingerprint density at radius 1 is 1.47 bits per heavy atom. The van der Waals surface area contributed by atoms with Gasteiger partial charge < -0.3 is 4.74 Å². The lowest BCUT2D eigenvalue weighted by Crippen LogP contribution is -2.40. The first-order chi connectivity index (χ1) is 8.11. The summed E-state index contributed by atoms with van der Waals surface area (Å²) in [5.74, 6) is 3.96. The molecule has 2 aliphatic heterocycles. The Labute approximate surface area is 115 Å². The van der Waals surface area contributed by atoms with Crippen molar-refractivity contribution in [3.05, 3.63) is 0 Å². The molecule has 3 heteroatoms. The van der Waals surface area contributed by atoms with Crippen molar-refractivity contribution in [1.29, 1.82) is 0 Å². The van der Waals surface area contributed by atoms with Crippen molar-refractivity contribution < 1.29 is 4.74 Å². The highest BCUT2D eigenvalue weighted by Gasteiger charge is 2.40. The van der Waals surface area contributed by atoms with Gasteiger partial charge in [0.1, 0.15) is 0 Å². The zero-order chi connectivity index (χ0) is 12.3. The van der Waals surface area contributed by atoms with Gasteiger partial charge in [-0.2, -0.15) is 11.8 Å². The fraction of sp³-hybridized carbons (Fsp3) is 1.00. The Bertz CT molecular complexity index is 238. The molecule has 0 bridgehead atoms. The van der Waals surface area contributed by atoms with Gasteiger partial charge >= 0.3 is 0 Å². The average Bonchev–Trinajstić information content (AvgIpc) is 2.74. The van der Waals surface area contributed by atoms with Gasteiger partial charge in [-0.25, -0.2) is 0 Å². The van der Waals surface area contributed by atoms with Gasteiger partial charge in [0, 0.05) is 17.7 Å². The molecule has 0 amide bonds. The topological polar surface area (TPSA) is 9.23 Å². The zero-order valence-corrected chi connectivity index (χ0v) is 12.7. The van der Waals surface area contributed by atoms with Crippen molar-refractivity contribution >= 4 is 23.4 Å². The minimum atomic E-state index is 0.243. The molecule has 2 heterocycles. The molecule has 0 aromatic heterocycles. The smallest absolute Gasteiger partial charge is 0.0783 e. The molecule has 17 heavy (non-hydrogen) atoms. The number of hydrogen-bond donors (Lipinski definition) is 0. The van der Waals surface area contributed by atoms with E-state index in [2.05, 4.69) is 25.6 Å². The molecule has 2 saturated heterocycles. The number of ether oxygens (including phenoxy) is 1. The lowest BCUT2D eigenvalue weighted by atomic mass is 9.82. The van der Waals surface area contributed by atoms with Gasteiger partial charge in [-0.3, -0.25) is 0 Å². The maximum absolute atomic E-state index is 6.35. The van der Waals surface area contributed by atoms with E-state index in [-0.39, 0.29) is 5.60 Å². The quantitative estimate of drug-likeness (QED) is 0.707. The summed E-state index contributed by atoms with van der Waals surface area (Å²) in [6.07, 6.45) is 6.26. The Morgan fingerprint density at radius 2 is 2.29 bits per heavy atom. The largest absolute Gasteiger partial charge is 0.374 e. The molecule has 2 rings (SSSR count). The van der Waals surface area contributed by atoms with Crippen LogP contribution in [0.4, 0.5) is 0 Å². The van der Waals surface area contributed by atoms with Gasteiger partial charge in [0.2, 0.25) is 0 Å². The van der Waals surface area contributed by atoms with Crippen molar-refractivity contribution in [2.75, 3.05) is 18.1 Å². The molecular formula is C14H25ClOS. The maximum Gasteiger partial charge on any atom is 0.0783 e. The SMILES string of the molecule is CC(C)C(Cl)CCC1CCOC2(CCSC2)C1. The van der Waals surface area contributed by atoms with E-state index in [1.165, 1.54) is 43.6 Å². The van der Waals surface area contributed by atoms with Crippen molar-refractivity contribution in [2.24, 2.45) is 11.8 Å². The first-order valence-electron chi connectivity index (χ1n) is 6.97.